The molecule has 20 heavy (non-hydrogen) atoms. The molecule has 1 N–H and O–H groups in total. The maximum absolute atomic E-state index is 11.5. The number of hydrogen-bond donors (Lipinski definition) is 1. The van der Waals surface area contributed by atoms with Gasteiger partial charge in [0.25, 0.3) is 6.04 Å². The molecule has 2 atom stereocenters. The fraction of sp³-hybridized carbons (Fsp3) is 0.133. The smallest absolute Gasteiger partial charge is 0.318 e. The van der Waals surface area contributed by atoms with Crippen LogP contribution in [0, 0.1) is 10.1 Å². The number of nitro groups is 1. The number of rotatable bonds is 5. The second kappa shape index (κ2) is 5.97. The summed E-state index contributed by atoms with van der Waals surface area (Å²) in [7, 11) is 0. The highest BCUT2D eigenvalue weighted by Gasteiger charge is 2.39. The summed E-state index contributed by atoms with van der Waals surface area (Å²) in [5.74, 6) is -2.42. The summed E-state index contributed by atoms with van der Waals surface area (Å²) < 4.78 is 0. The Hall–Kier alpha value is -2.69. The summed E-state index contributed by atoms with van der Waals surface area (Å²) >= 11 is 0. The molecule has 5 nitrogen and oxygen atoms in total. The molecule has 0 aliphatic rings. The van der Waals surface area contributed by atoms with Gasteiger partial charge in [0.15, 0.2) is 5.92 Å². The fourth-order valence-electron chi connectivity index (χ4n) is 2.21. The van der Waals surface area contributed by atoms with Gasteiger partial charge >= 0.3 is 5.97 Å². The van der Waals surface area contributed by atoms with Crippen molar-refractivity contribution < 1.29 is 14.8 Å². The zero-order chi connectivity index (χ0) is 14.5. The first kappa shape index (κ1) is 13.7. The maximum Gasteiger partial charge on any atom is 0.318 e. The van der Waals surface area contributed by atoms with Crippen LogP contribution < -0.4 is 0 Å². The number of carboxylic acid groups (broad SMARTS) is 1. The molecule has 2 rings (SSSR count). The van der Waals surface area contributed by atoms with E-state index in [1.165, 1.54) is 0 Å². The van der Waals surface area contributed by atoms with Crippen molar-refractivity contribution in [1.29, 1.82) is 0 Å². The zero-order valence-corrected chi connectivity index (χ0v) is 10.5. The van der Waals surface area contributed by atoms with Crippen LogP contribution in [0.5, 0.6) is 0 Å². The minimum Gasteiger partial charge on any atom is -0.481 e. The normalized spacial score (nSPS) is 13.4. The van der Waals surface area contributed by atoms with E-state index in [0.29, 0.717) is 11.1 Å². The Labute approximate surface area is 115 Å². The molecule has 2 aromatic carbocycles. The van der Waals surface area contributed by atoms with Crippen LogP contribution in [0.2, 0.25) is 0 Å². The van der Waals surface area contributed by atoms with Gasteiger partial charge in [-0.25, -0.2) is 0 Å². The van der Waals surface area contributed by atoms with Crippen molar-refractivity contribution in [3.05, 3.63) is 81.9 Å². The largest absolute Gasteiger partial charge is 0.481 e. The highest BCUT2D eigenvalue weighted by Crippen LogP contribution is 2.33. The zero-order valence-electron chi connectivity index (χ0n) is 10.5. The van der Waals surface area contributed by atoms with E-state index in [1.54, 1.807) is 60.7 Å². The maximum atomic E-state index is 11.5. The third kappa shape index (κ3) is 2.83. The molecule has 0 saturated carbocycles. The number of aliphatic carboxylic acids is 1. The lowest BCUT2D eigenvalue weighted by Crippen LogP contribution is -2.25. The Morgan fingerprint density at radius 2 is 1.40 bits per heavy atom. The van der Waals surface area contributed by atoms with Crippen molar-refractivity contribution in [3.8, 4) is 0 Å². The van der Waals surface area contributed by atoms with E-state index in [0.717, 1.165) is 0 Å². The Morgan fingerprint density at radius 1 is 0.950 bits per heavy atom. The highest BCUT2D eigenvalue weighted by molar-refractivity contribution is 5.77. The van der Waals surface area contributed by atoms with E-state index in [-0.39, 0.29) is 0 Å². The first-order valence-corrected chi connectivity index (χ1v) is 6.07. The Balaban J connectivity index is 2.50. The van der Waals surface area contributed by atoms with E-state index in [4.69, 9.17) is 0 Å². The van der Waals surface area contributed by atoms with E-state index < -0.39 is 22.9 Å². The monoisotopic (exact) mass is 271 g/mol. The average molecular weight is 271 g/mol. The van der Waals surface area contributed by atoms with Crippen molar-refractivity contribution >= 4 is 5.97 Å². The lowest BCUT2D eigenvalue weighted by molar-refractivity contribution is -0.531. The van der Waals surface area contributed by atoms with E-state index in [2.05, 4.69) is 0 Å². The van der Waals surface area contributed by atoms with E-state index >= 15 is 0 Å². The molecule has 5 heteroatoms. The van der Waals surface area contributed by atoms with E-state index in [9.17, 15) is 20.0 Å². The topological polar surface area (TPSA) is 80.4 Å². The van der Waals surface area contributed by atoms with Gasteiger partial charge < -0.3 is 5.11 Å². The van der Waals surface area contributed by atoms with Gasteiger partial charge in [-0.15, -0.1) is 0 Å². The molecule has 0 bridgehead atoms. The molecular weight excluding hydrogens is 258 g/mol. The van der Waals surface area contributed by atoms with Gasteiger partial charge in [0.05, 0.1) is 0 Å². The lowest BCUT2D eigenvalue weighted by atomic mass is 9.87. The Bertz CT molecular complexity index is 542. The van der Waals surface area contributed by atoms with Gasteiger partial charge in [-0.3, -0.25) is 14.9 Å². The molecule has 0 aromatic heterocycles. The number of hydrogen-bond acceptors (Lipinski definition) is 3. The van der Waals surface area contributed by atoms with Gasteiger partial charge in [-0.1, -0.05) is 60.7 Å². The molecule has 0 aliphatic heterocycles. The van der Waals surface area contributed by atoms with Crippen LogP contribution >= 0.6 is 0 Å². The van der Waals surface area contributed by atoms with Crippen LogP contribution in [0.15, 0.2) is 60.7 Å². The quantitative estimate of drug-likeness (QED) is 0.669. The standard InChI is InChI=1S/C15H13NO4/c17-15(18)13(11-7-3-1-4-8-11)14(16(19)20)12-9-5-2-6-10-12/h1-10,13-14H,(H,17,18). The second-order valence-electron chi connectivity index (χ2n) is 4.37. The number of carbonyl (C=O) groups is 1. The van der Waals surface area contributed by atoms with Crippen LogP contribution in [0.1, 0.15) is 23.1 Å². The first-order valence-electron chi connectivity index (χ1n) is 6.07. The van der Waals surface area contributed by atoms with Gasteiger partial charge in [0.1, 0.15) is 0 Å². The molecule has 102 valence electrons. The summed E-state index contributed by atoms with van der Waals surface area (Å²) in [6, 6.07) is 15.2. The molecule has 2 unspecified atom stereocenters. The van der Waals surface area contributed by atoms with E-state index in [1.807, 2.05) is 0 Å². The van der Waals surface area contributed by atoms with Crippen LogP contribution in [-0.2, 0) is 4.79 Å². The minimum atomic E-state index is -1.31. The van der Waals surface area contributed by atoms with Gasteiger partial charge in [0, 0.05) is 10.5 Å². The molecule has 2 aromatic rings. The third-order valence-corrected chi connectivity index (χ3v) is 3.11. The SMILES string of the molecule is O=C(O)C(c1ccccc1)C(c1ccccc1)[N+](=O)[O-]. The predicted molar refractivity (Wildman–Crippen MR) is 73.0 cm³/mol. The summed E-state index contributed by atoms with van der Waals surface area (Å²) in [5, 5.41) is 20.8. The molecular formula is C15H13NO4. The van der Waals surface area contributed by atoms with Crippen LogP contribution in [0.3, 0.4) is 0 Å². The predicted octanol–water partition coefficient (Wildman–Crippen LogP) is 2.87. The molecule has 0 heterocycles. The number of nitrogens with zero attached hydrogens (tertiary/aromatic N) is 1. The lowest BCUT2D eigenvalue weighted by Gasteiger charge is -2.18. The second-order valence-corrected chi connectivity index (χ2v) is 4.37. The molecule has 0 amide bonds. The summed E-state index contributed by atoms with van der Waals surface area (Å²) in [5.41, 5.74) is 0.805. The third-order valence-electron chi connectivity index (χ3n) is 3.11. The van der Waals surface area contributed by atoms with Crippen molar-refractivity contribution in [2.45, 2.75) is 12.0 Å². The average Bonchev–Trinajstić information content (AvgIpc) is 2.45. The van der Waals surface area contributed by atoms with Crippen molar-refractivity contribution in [2.24, 2.45) is 0 Å². The van der Waals surface area contributed by atoms with Crippen molar-refractivity contribution in [1.82, 2.24) is 0 Å². The Morgan fingerprint density at radius 3 is 1.80 bits per heavy atom. The number of benzene rings is 2. The van der Waals surface area contributed by atoms with Gasteiger partial charge in [-0.05, 0) is 5.56 Å². The number of carboxylic acids is 1. The van der Waals surface area contributed by atoms with Gasteiger partial charge in [-0.2, -0.15) is 0 Å². The minimum absolute atomic E-state index is 0.383. The fourth-order valence-corrected chi connectivity index (χ4v) is 2.21. The molecule has 0 saturated heterocycles. The van der Waals surface area contributed by atoms with Crippen LogP contribution in [0.25, 0.3) is 0 Å². The van der Waals surface area contributed by atoms with Crippen molar-refractivity contribution in [2.75, 3.05) is 0 Å². The molecule has 0 fully saturated rings. The van der Waals surface area contributed by atoms with Crippen molar-refractivity contribution in [3.63, 3.8) is 0 Å². The summed E-state index contributed by atoms with van der Waals surface area (Å²) in [6.45, 7) is 0. The van der Waals surface area contributed by atoms with Crippen LogP contribution in [-0.4, -0.2) is 16.0 Å². The molecule has 0 aliphatic carbocycles. The van der Waals surface area contributed by atoms with Gasteiger partial charge in [0.2, 0.25) is 0 Å². The van der Waals surface area contributed by atoms with Crippen LogP contribution in [0.4, 0.5) is 0 Å². The molecule has 0 spiro atoms. The molecule has 0 radical (unpaired) electrons. The summed E-state index contributed by atoms with van der Waals surface area (Å²) in [6.07, 6.45) is 0. The highest BCUT2D eigenvalue weighted by atomic mass is 16.6. The Kier molecular flexibility index (Phi) is 4.10. The first-order chi connectivity index (χ1) is 9.61. The summed E-state index contributed by atoms with van der Waals surface area (Å²) in [4.78, 5) is 22.3.